The number of rotatable bonds is 3. The second-order valence-electron chi connectivity index (χ2n) is 7.03. The van der Waals surface area contributed by atoms with E-state index < -0.39 is 0 Å². The third-order valence-electron chi connectivity index (χ3n) is 5.42. The van der Waals surface area contributed by atoms with Crippen LogP contribution in [0.2, 0.25) is 5.02 Å². The largest absolute Gasteiger partial charge is 0.377 e. The number of aromatic amines is 1. The van der Waals surface area contributed by atoms with Crippen LogP contribution in [0, 0.1) is 0 Å². The Kier molecular flexibility index (Phi) is 4.42. The first-order valence-electron chi connectivity index (χ1n) is 9.03. The van der Waals surface area contributed by atoms with Gasteiger partial charge in [-0.2, -0.15) is 0 Å². The van der Waals surface area contributed by atoms with Crippen LogP contribution in [0.15, 0.2) is 33.9 Å². The quantitative estimate of drug-likeness (QED) is 0.876. The van der Waals surface area contributed by atoms with Crippen LogP contribution in [0.4, 0.5) is 5.69 Å². The number of hydrogen-bond acceptors (Lipinski definition) is 3. The highest BCUT2D eigenvalue weighted by Gasteiger charge is 2.29. The molecule has 1 aromatic carbocycles. The minimum absolute atomic E-state index is 0.0439. The SMILES string of the molecule is O=c1[nH]c2c(c(=O)n1C1CCCCC1)CC[C@H]2Nc1ccc(Cl)cc1. The van der Waals surface area contributed by atoms with E-state index >= 15 is 0 Å². The van der Waals surface area contributed by atoms with Crippen molar-refractivity contribution in [2.24, 2.45) is 0 Å². The molecular weight excluding hydrogens is 338 g/mol. The Labute approximate surface area is 151 Å². The first kappa shape index (κ1) is 16.5. The van der Waals surface area contributed by atoms with Gasteiger partial charge < -0.3 is 10.3 Å². The van der Waals surface area contributed by atoms with Crippen molar-refractivity contribution in [3.63, 3.8) is 0 Å². The number of nitrogens with zero attached hydrogens (tertiary/aromatic N) is 1. The Morgan fingerprint density at radius 3 is 2.48 bits per heavy atom. The van der Waals surface area contributed by atoms with Crippen molar-refractivity contribution >= 4 is 17.3 Å². The highest BCUT2D eigenvalue weighted by atomic mass is 35.5. The standard InChI is InChI=1S/C19H22ClN3O2/c20-12-6-8-13(9-7-12)21-16-11-10-15-17(16)22-19(25)23(18(15)24)14-4-2-1-3-5-14/h6-9,14,16,21H,1-5,10-11H2,(H,22,25)/t16-/m1/s1. The van der Waals surface area contributed by atoms with Gasteiger partial charge in [-0.15, -0.1) is 0 Å². The Bertz CT molecular complexity index is 879. The summed E-state index contributed by atoms with van der Waals surface area (Å²) in [5, 5.41) is 4.08. The number of H-pyrrole nitrogens is 1. The molecule has 2 aliphatic rings. The van der Waals surface area contributed by atoms with Crippen LogP contribution < -0.4 is 16.6 Å². The van der Waals surface area contributed by atoms with E-state index in [0.717, 1.165) is 49.0 Å². The van der Waals surface area contributed by atoms with Gasteiger partial charge in [-0.25, -0.2) is 4.79 Å². The summed E-state index contributed by atoms with van der Waals surface area (Å²) in [7, 11) is 0. The molecule has 0 spiro atoms. The molecule has 25 heavy (non-hydrogen) atoms. The lowest BCUT2D eigenvalue weighted by molar-refractivity contribution is 0.335. The minimum Gasteiger partial charge on any atom is -0.377 e. The minimum atomic E-state index is -0.263. The van der Waals surface area contributed by atoms with E-state index in [1.165, 1.54) is 11.0 Å². The molecule has 0 unspecified atom stereocenters. The highest BCUT2D eigenvalue weighted by Crippen LogP contribution is 2.31. The van der Waals surface area contributed by atoms with E-state index in [-0.39, 0.29) is 23.3 Å². The number of aromatic nitrogens is 2. The molecule has 0 saturated heterocycles. The van der Waals surface area contributed by atoms with E-state index in [9.17, 15) is 9.59 Å². The Morgan fingerprint density at radius 1 is 1.04 bits per heavy atom. The van der Waals surface area contributed by atoms with Gasteiger partial charge in [0.1, 0.15) is 0 Å². The maximum Gasteiger partial charge on any atom is 0.328 e. The molecule has 1 heterocycles. The third kappa shape index (κ3) is 3.13. The van der Waals surface area contributed by atoms with Gasteiger partial charge in [0, 0.05) is 22.3 Å². The summed E-state index contributed by atoms with van der Waals surface area (Å²) in [5.74, 6) is 0. The maximum absolute atomic E-state index is 12.9. The third-order valence-corrected chi connectivity index (χ3v) is 5.67. The molecule has 2 aromatic rings. The van der Waals surface area contributed by atoms with Crippen molar-refractivity contribution in [3.05, 3.63) is 61.4 Å². The summed E-state index contributed by atoms with van der Waals surface area (Å²) >= 11 is 5.92. The normalized spacial score (nSPS) is 20.4. The van der Waals surface area contributed by atoms with Crippen LogP contribution in [0.5, 0.6) is 0 Å². The van der Waals surface area contributed by atoms with Gasteiger partial charge in [0.25, 0.3) is 5.56 Å². The number of anilines is 1. The molecule has 1 fully saturated rings. The van der Waals surface area contributed by atoms with E-state index in [1.54, 1.807) is 0 Å². The van der Waals surface area contributed by atoms with Crippen molar-refractivity contribution in [1.29, 1.82) is 0 Å². The monoisotopic (exact) mass is 359 g/mol. The van der Waals surface area contributed by atoms with Crippen molar-refractivity contribution in [2.45, 2.75) is 57.0 Å². The molecule has 1 atom stereocenters. The molecule has 0 bridgehead atoms. The average molecular weight is 360 g/mol. The fraction of sp³-hybridized carbons (Fsp3) is 0.474. The molecule has 0 radical (unpaired) electrons. The number of benzene rings is 1. The second-order valence-corrected chi connectivity index (χ2v) is 7.47. The molecule has 0 aliphatic heterocycles. The molecule has 1 saturated carbocycles. The molecule has 0 amide bonds. The average Bonchev–Trinajstić information content (AvgIpc) is 3.01. The van der Waals surface area contributed by atoms with E-state index in [1.807, 2.05) is 24.3 Å². The van der Waals surface area contributed by atoms with Gasteiger partial charge in [0.05, 0.1) is 11.7 Å². The number of fused-ring (bicyclic) bond motifs is 1. The van der Waals surface area contributed by atoms with E-state index in [2.05, 4.69) is 10.3 Å². The molecule has 2 N–H and O–H groups in total. The van der Waals surface area contributed by atoms with E-state index in [4.69, 9.17) is 11.6 Å². The Balaban J connectivity index is 1.65. The van der Waals surface area contributed by atoms with Crippen LogP contribution in [-0.2, 0) is 6.42 Å². The number of halogens is 1. The topological polar surface area (TPSA) is 66.9 Å². The summed E-state index contributed by atoms with van der Waals surface area (Å²) in [6, 6.07) is 7.47. The summed E-state index contributed by atoms with van der Waals surface area (Å²) in [5.41, 5.74) is 2.08. The molecule has 2 aliphatic carbocycles. The smallest absolute Gasteiger partial charge is 0.328 e. The molecular formula is C19H22ClN3O2. The van der Waals surface area contributed by atoms with Crippen molar-refractivity contribution in [3.8, 4) is 0 Å². The van der Waals surface area contributed by atoms with Gasteiger partial charge in [-0.1, -0.05) is 30.9 Å². The maximum atomic E-state index is 12.9. The van der Waals surface area contributed by atoms with Gasteiger partial charge in [0.15, 0.2) is 0 Å². The van der Waals surface area contributed by atoms with Crippen LogP contribution in [0.3, 0.4) is 0 Å². The molecule has 5 nitrogen and oxygen atoms in total. The van der Waals surface area contributed by atoms with Crippen molar-refractivity contribution in [2.75, 3.05) is 5.32 Å². The summed E-state index contributed by atoms with van der Waals surface area (Å²) in [6.45, 7) is 0. The zero-order valence-corrected chi connectivity index (χ0v) is 14.8. The van der Waals surface area contributed by atoms with Crippen LogP contribution >= 0.6 is 11.6 Å². The van der Waals surface area contributed by atoms with Gasteiger partial charge >= 0.3 is 5.69 Å². The van der Waals surface area contributed by atoms with Crippen molar-refractivity contribution < 1.29 is 0 Å². The molecule has 4 rings (SSSR count). The Hall–Kier alpha value is -2.01. The fourth-order valence-corrected chi connectivity index (χ4v) is 4.26. The summed E-state index contributed by atoms with van der Waals surface area (Å²) in [6.07, 6.45) is 6.73. The van der Waals surface area contributed by atoms with Crippen LogP contribution in [0.25, 0.3) is 0 Å². The zero-order valence-electron chi connectivity index (χ0n) is 14.1. The summed E-state index contributed by atoms with van der Waals surface area (Å²) < 4.78 is 1.47. The first-order chi connectivity index (χ1) is 12.1. The van der Waals surface area contributed by atoms with E-state index in [0.29, 0.717) is 11.4 Å². The highest BCUT2D eigenvalue weighted by molar-refractivity contribution is 6.30. The lowest BCUT2D eigenvalue weighted by Gasteiger charge is -2.24. The van der Waals surface area contributed by atoms with Gasteiger partial charge in [0.2, 0.25) is 0 Å². The number of hydrogen-bond donors (Lipinski definition) is 2. The summed E-state index contributed by atoms with van der Waals surface area (Å²) in [4.78, 5) is 28.5. The zero-order chi connectivity index (χ0) is 17.4. The van der Waals surface area contributed by atoms with Crippen LogP contribution in [-0.4, -0.2) is 9.55 Å². The fourth-order valence-electron chi connectivity index (χ4n) is 4.14. The lowest BCUT2D eigenvalue weighted by atomic mass is 9.95. The number of nitrogens with one attached hydrogen (secondary N) is 2. The second kappa shape index (κ2) is 6.71. The van der Waals surface area contributed by atoms with Crippen LogP contribution in [0.1, 0.15) is 61.9 Å². The van der Waals surface area contributed by atoms with Crippen molar-refractivity contribution in [1.82, 2.24) is 9.55 Å². The molecule has 1 aromatic heterocycles. The molecule has 6 heteroatoms. The predicted molar refractivity (Wildman–Crippen MR) is 99.6 cm³/mol. The first-order valence-corrected chi connectivity index (χ1v) is 9.41. The van der Waals surface area contributed by atoms with Gasteiger partial charge in [-0.3, -0.25) is 9.36 Å². The van der Waals surface area contributed by atoms with Gasteiger partial charge in [-0.05, 0) is 49.9 Å². The predicted octanol–water partition coefficient (Wildman–Crippen LogP) is 3.79. The molecule has 132 valence electrons. The lowest BCUT2D eigenvalue weighted by Crippen LogP contribution is -2.41. The Morgan fingerprint density at radius 2 is 1.76 bits per heavy atom.